The lowest BCUT2D eigenvalue weighted by molar-refractivity contribution is -0.137. The Morgan fingerprint density at radius 1 is 0.968 bits per heavy atom. The van der Waals surface area contributed by atoms with Crippen molar-refractivity contribution in [2.45, 2.75) is 39.0 Å². The molecule has 0 aromatic heterocycles. The first-order chi connectivity index (χ1) is 14.8. The minimum Gasteiger partial charge on any atom is -0.379 e. The van der Waals surface area contributed by atoms with Crippen molar-refractivity contribution in [3.05, 3.63) is 0 Å². The van der Waals surface area contributed by atoms with Crippen LogP contribution in [0.5, 0.6) is 0 Å². The number of carbonyl (C=O) groups is 1. The number of rotatable bonds is 9. The number of ether oxygens (including phenoxy) is 1. The highest BCUT2D eigenvalue weighted by Gasteiger charge is 2.29. The van der Waals surface area contributed by atoms with Crippen LogP contribution in [-0.4, -0.2) is 112 Å². The molecule has 0 unspecified atom stereocenters. The van der Waals surface area contributed by atoms with E-state index >= 15 is 0 Å². The monoisotopic (exact) mass is 550 g/mol. The SMILES string of the molecule is CCNC(=NCCCN1CCOCC1)NCCN1CCN(C(=O)C2CCCC2)CC1.I. The summed E-state index contributed by atoms with van der Waals surface area (Å²) in [6.07, 6.45) is 5.73. The average molecular weight is 551 g/mol. The molecular formula is C22H43IN6O2. The molecule has 0 aromatic rings. The van der Waals surface area contributed by atoms with Gasteiger partial charge in [0.25, 0.3) is 0 Å². The average Bonchev–Trinajstić information content (AvgIpc) is 3.32. The molecule has 0 spiro atoms. The maximum absolute atomic E-state index is 12.6. The third-order valence-corrected chi connectivity index (χ3v) is 6.46. The predicted molar refractivity (Wildman–Crippen MR) is 136 cm³/mol. The summed E-state index contributed by atoms with van der Waals surface area (Å²) < 4.78 is 5.40. The molecule has 2 saturated heterocycles. The van der Waals surface area contributed by atoms with Gasteiger partial charge in [0.15, 0.2) is 5.96 Å². The number of nitrogens with one attached hydrogen (secondary N) is 2. The quantitative estimate of drug-likeness (QED) is 0.195. The Bertz CT molecular complexity index is 530. The van der Waals surface area contributed by atoms with E-state index in [1.165, 1.54) is 12.8 Å². The van der Waals surface area contributed by atoms with E-state index in [1.807, 2.05) is 0 Å². The summed E-state index contributed by atoms with van der Waals surface area (Å²) in [5.74, 6) is 1.62. The molecule has 3 fully saturated rings. The number of guanidine groups is 1. The number of halogens is 1. The Balaban J connectivity index is 0.00000341. The van der Waals surface area contributed by atoms with Gasteiger partial charge in [-0.1, -0.05) is 12.8 Å². The Kier molecular flexibility index (Phi) is 13.1. The van der Waals surface area contributed by atoms with Crippen LogP contribution < -0.4 is 10.6 Å². The van der Waals surface area contributed by atoms with Gasteiger partial charge in [0, 0.05) is 77.9 Å². The van der Waals surface area contributed by atoms with E-state index in [-0.39, 0.29) is 24.0 Å². The van der Waals surface area contributed by atoms with Gasteiger partial charge in [0.2, 0.25) is 5.91 Å². The summed E-state index contributed by atoms with van der Waals surface area (Å²) in [4.78, 5) is 24.3. The first-order valence-corrected chi connectivity index (χ1v) is 12.1. The molecule has 180 valence electrons. The summed E-state index contributed by atoms with van der Waals surface area (Å²) in [5.41, 5.74) is 0. The zero-order valence-electron chi connectivity index (χ0n) is 19.3. The van der Waals surface area contributed by atoms with Crippen molar-refractivity contribution in [2.75, 3.05) is 85.2 Å². The standard InChI is InChI=1S/C22H42N6O2.HI/c1-2-23-22(24-8-5-10-26-16-18-30-19-17-26)25-9-11-27-12-14-28(15-13-27)21(29)20-6-3-4-7-20;/h20H,2-19H2,1H3,(H2,23,24,25);1H. The van der Waals surface area contributed by atoms with Crippen LogP contribution in [0.25, 0.3) is 0 Å². The number of aliphatic imine (C=N–C) groups is 1. The summed E-state index contributed by atoms with van der Waals surface area (Å²) >= 11 is 0. The minimum atomic E-state index is 0. The highest BCUT2D eigenvalue weighted by molar-refractivity contribution is 14.0. The van der Waals surface area contributed by atoms with Gasteiger partial charge in [-0.15, -0.1) is 24.0 Å². The lowest BCUT2D eigenvalue weighted by atomic mass is 10.1. The number of morpholine rings is 1. The highest BCUT2D eigenvalue weighted by atomic mass is 127. The molecule has 31 heavy (non-hydrogen) atoms. The van der Waals surface area contributed by atoms with Crippen LogP contribution in [0.1, 0.15) is 39.0 Å². The number of piperazine rings is 1. The second-order valence-electron chi connectivity index (χ2n) is 8.64. The van der Waals surface area contributed by atoms with Crippen LogP contribution in [0.3, 0.4) is 0 Å². The molecule has 0 bridgehead atoms. The van der Waals surface area contributed by atoms with Gasteiger partial charge in [-0.05, 0) is 26.2 Å². The molecular weight excluding hydrogens is 507 g/mol. The topological polar surface area (TPSA) is 72.4 Å². The summed E-state index contributed by atoms with van der Waals surface area (Å²) in [5, 5.41) is 6.81. The number of nitrogens with zero attached hydrogens (tertiary/aromatic N) is 4. The zero-order chi connectivity index (χ0) is 21.0. The van der Waals surface area contributed by atoms with Gasteiger partial charge in [0.1, 0.15) is 0 Å². The fraction of sp³-hybridized carbons (Fsp3) is 0.909. The van der Waals surface area contributed by atoms with Gasteiger partial charge in [-0.3, -0.25) is 19.6 Å². The first-order valence-electron chi connectivity index (χ1n) is 12.1. The van der Waals surface area contributed by atoms with Crippen molar-refractivity contribution in [1.29, 1.82) is 0 Å². The molecule has 1 amide bonds. The van der Waals surface area contributed by atoms with Crippen LogP contribution in [0.2, 0.25) is 0 Å². The molecule has 9 heteroatoms. The largest absolute Gasteiger partial charge is 0.379 e. The Morgan fingerprint density at radius 3 is 2.32 bits per heavy atom. The number of hydrogen-bond acceptors (Lipinski definition) is 5. The van der Waals surface area contributed by atoms with E-state index in [9.17, 15) is 4.79 Å². The van der Waals surface area contributed by atoms with E-state index in [2.05, 4.69) is 32.3 Å². The van der Waals surface area contributed by atoms with Gasteiger partial charge in [-0.2, -0.15) is 0 Å². The van der Waals surface area contributed by atoms with Gasteiger partial charge >= 0.3 is 0 Å². The third-order valence-electron chi connectivity index (χ3n) is 6.46. The summed E-state index contributed by atoms with van der Waals surface area (Å²) in [7, 11) is 0. The highest BCUT2D eigenvalue weighted by Crippen LogP contribution is 2.26. The molecule has 8 nitrogen and oxygen atoms in total. The van der Waals surface area contributed by atoms with E-state index in [0.29, 0.717) is 11.8 Å². The molecule has 3 rings (SSSR count). The molecule has 0 aromatic carbocycles. The number of hydrogen-bond donors (Lipinski definition) is 2. The fourth-order valence-electron chi connectivity index (χ4n) is 4.61. The van der Waals surface area contributed by atoms with Crippen LogP contribution >= 0.6 is 24.0 Å². The maximum Gasteiger partial charge on any atom is 0.225 e. The third kappa shape index (κ3) is 9.39. The minimum absolute atomic E-state index is 0. The summed E-state index contributed by atoms with van der Waals surface area (Å²) in [6, 6.07) is 0. The van der Waals surface area contributed by atoms with Crippen LogP contribution in [0.15, 0.2) is 4.99 Å². The Labute approximate surface area is 205 Å². The smallest absolute Gasteiger partial charge is 0.225 e. The number of amides is 1. The molecule has 1 aliphatic carbocycles. The molecule has 0 radical (unpaired) electrons. The van der Waals surface area contributed by atoms with Crippen molar-refractivity contribution in [2.24, 2.45) is 10.9 Å². The van der Waals surface area contributed by atoms with E-state index < -0.39 is 0 Å². The maximum atomic E-state index is 12.6. The Hall–Kier alpha value is -0.650. The van der Waals surface area contributed by atoms with Gasteiger partial charge in [-0.25, -0.2) is 0 Å². The zero-order valence-corrected chi connectivity index (χ0v) is 21.6. The molecule has 3 aliphatic rings. The summed E-state index contributed by atoms with van der Waals surface area (Å²) in [6.45, 7) is 14.3. The first kappa shape index (κ1) is 26.6. The molecule has 2 heterocycles. The predicted octanol–water partition coefficient (Wildman–Crippen LogP) is 1.22. The molecule has 1 saturated carbocycles. The van der Waals surface area contributed by atoms with Crippen molar-refractivity contribution >= 4 is 35.8 Å². The Morgan fingerprint density at radius 2 is 1.65 bits per heavy atom. The lowest BCUT2D eigenvalue weighted by Gasteiger charge is -2.36. The molecule has 2 aliphatic heterocycles. The fourth-order valence-corrected chi connectivity index (χ4v) is 4.61. The van der Waals surface area contributed by atoms with E-state index in [0.717, 1.165) is 110 Å². The molecule has 0 atom stereocenters. The van der Waals surface area contributed by atoms with Crippen molar-refractivity contribution < 1.29 is 9.53 Å². The van der Waals surface area contributed by atoms with E-state index in [4.69, 9.17) is 9.73 Å². The van der Waals surface area contributed by atoms with Crippen molar-refractivity contribution in [3.8, 4) is 0 Å². The van der Waals surface area contributed by atoms with Crippen LogP contribution in [0, 0.1) is 5.92 Å². The van der Waals surface area contributed by atoms with Crippen LogP contribution in [-0.2, 0) is 9.53 Å². The van der Waals surface area contributed by atoms with Gasteiger partial charge < -0.3 is 20.3 Å². The lowest BCUT2D eigenvalue weighted by Crippen LogP contribution is -2.51. The van der Waals surface area contributed by atoms with Crippen LogP contribution in [0.4, 0.5) is 0 Å². The van der Waals surface area contributed by atoms with Crippen molar-refractivity contribution in [1.82, 2.24) is 25.3 Å². The van der Waals surface area contributed by atoms with Gasteiger partial charge in [0.05, 0.1) is 13.2 Å². The second kappa shape index (κ2) is 15.2. The number of carbonyl (C=O) groups excluding carboxylic acids is 1. The van der Waals surface area contributed by atoms with E-state index in [1.54, 1.807) is 0 Å². The normalized spacial score (nSPS) is 21.7. The second-order valence-corrected chi connectivity index (χ2v) is 8.64. The van der Waals surface area contributed by atoms with Crippen molar-refractivity contribution in [3.63, 3.8) is 0 Å². The molecule has 2 N–H and O–H groups in total.